The third-order valence-corrected chi connectivity index (χ3v) is 4.98. The lowest BCUT2D eigenvalue weighted by atomic mass is 9.78. The van der Waals surface area contributed by atoms with Crippen LogP contribution in [0.2, 0.25) is 0 Å². The molecule has 0 fully saturated rings. The molecule has 1 atom stereocenters. The molecule has 1 unspecified atom stereocenters. The molecule has 0 saturated heterocycles. The number of nitrogens with zero attached hydrogens (tertiary/aromatic N) is 1. The SMILES string of the molecule is CC(CCC(C)(C)c1ccc(F)cc1)c1cc(C(C)(C)C)ccn1. The van der Waals surface area contributed by atoms with Gasteiger partial charge in [-0.15, -0.1) is 0 Å². The molecule has 0 aliphatic heterocycles. The Morgan fingerprint density at radius 3 is 2.17 bits per heavy atom. The van der Waals surface area contributed by atoms with Crippen LogP contribution >= 0.6 is 0 Å². The Bertz CT molecular complexity index is 665. The Balaban J connectivity index is 2.07. The van der Waals surface area contributed by atoms with Crippen molar-refractivity contribution in [2.75, 3.05) is 0 Å². The van der Waals surface area contributed by atoms with Crippen LogP contribution in [0.15, 0.2) is 42.6 Å². The first kappa shape index (κ1) is 18.6. The fraction of sp³-hybridized carbons (Fsp3) is 0.500. The summed E-state index contributed by atoms with van der Waals surface area (Å²) in [5.74, 6) is 0.234. The van der Waals surface area contributed by atoms with Crippen LogP contribution in [0, 0.1) is 5.82 Å². The Labute approximate surface area is 146 Å². The van der Waals surface area contributed by atoms with Crippen LogP contribution in [0.1, 0.15) is 77.1 Å². The molecule has 0 aliphatic carbocycles. The minimum atomic E-state index is -0.175. The number of benzene rings is 1. The van der Waals surface area contributed by atoms with Gasteiger partial charge in [-0.05, 0) is 65.0 Å². The Morgan fingerprint density at radius 2 is 1.58 bits per heavy atom. The van der Waals surface area contributed by atoms with Crippen molar-refractivity contribution in [2.24, 2.45) is 0 Å². The monoisotopic (exact) mass is 327 g/mol. The highest BCUT2D eigenvalue weighted by Crippen LogP contribution is 2.33. The van der Waals surface area contributed by atoms with Gasteiger partial charge in [0.25, 0.3) is 0 Å². The molecule has 1 heterocycles. The van der Waals surface area contributed by atoms with E-state index in [1.807, 2.05) is 18.3 Å². The fourth-order valence-corrected chi connectivity index (χ4v) is 2.95. The molecule has 2 heteroatoms. The van der Waals surface area contributed by atoms with Gasteiger partial charge in [0.05, 0.1) is 0 Å². The van der Waals surface area contributed by atoms with E-state index in [4.69, 9.17) is 0 Å². The van der Waals surface area contributed by atoms with E-state index < -0.39 is 0 Å². The molecule has 0 saturated carbocycles. The first-order valence-corrected chi connectivity index (χ1v) is 8.82. The van der Waals surface area contributed by atoms with Crippen LogP contribution < -0.4 is 0 Å². The van der Waals surface area contributed by atoms with Crippen molar-refractivity contribution in [2.45, 2.75) is 71.1 Å². The van der Waals surface area contributed by atoms with Crippen molar-refractivity contribution < 1.29 is 4.39 Å². The summed E-state index contributed by atoms with van der Waals surface area (Å²) in [6.07, 6.45) is 4.03. The van der Waals surface area contributed by atoms with Crippen LogP contribution in [-0.4, -0.2) is 4.98 Å². The highest BCUT2D eigenvalue weighted by molar-refractivity contribution is 5.26. The average Bonchev–Trinajstić information content (AvgIpc) is 2.52. The van der Waals surface area contributed by atoms with Gasteiger partial charge < -0.3 is 0 Å². The molecule has 1 aromatic heterocycles. The van der Waals surface area contributed by atoms with Gasteiger partial charge in [0, 0.05) is 11.9 Å². The summed E-state index contributed by atoms with van der Waals surface area (Å²) in [5.41, 5.74) is 3.86. The van der Waals surface area contributed by atoms with Gasteiger partial charge in [-0.3, -0.25) is 4.98 Å². The lowest BCUT2D eigenvalue weighted by Gasteiger charge is -2.27. The summed E-state index contributed by atoms with van der Waals surface area (Å²) in [6, 6.07) is 11.3. The van der Waals surface area contributed by atoms with Crippen molar-refractivity contribution in [1.29, 1.82) is 0 Å². The molecule has 130 valence electrons. The maximum atomic E-state index is 13.1. The zero-order valence-electron chi connectivity index (χ0n) is 15.9. The average molecular weight is 327 g/mol. The van der Waals surface area contributed by atoms with Crippen LogP contribution in [0.4, 0.5) is 4.39 Å². The van der Waals surface area contributed by atoms with Crippen molar-refractivity contribution in [3.8, 4) is 0 Å². The molecule has 0 amide bonds. The van der Waals surface area contributed by atoms with Crippen molar-refractivity contribution in [1.82, 2.24) is 4.98 Å². The summed E-state index contributed by atoms with van der Waals surface area (Å²) in [5, 5.41) is 0. The molecule has 0 bridgehead atoms. The van der Waals surface area contributed by atoms with Crippen LogP contribution in [0.3, 0.4) is 0 Å². The van der Waals surface area contributed by atoms with E-state index in [2.05, 4.69) is 58.7 Å². The quantitative estimate of drug-likeness (QED) is 0.621. The van der Waals surface area contributed by atoms with Crippen molar-refractivity contribution in [3.63, 3.8) is 0 Å². The summed E-state index contributed by atoms with van der Waals surface area (Å²) in [4.78, 5) is 4.59. The van der Waals surface area contributed by atoms with E-state index >= 15 is 0 Å². The van der Waals surface area contributed by atoms with Gasteiger partial charge in [-0.1, -0.05) is 53.7 Å². The number of halogens is 1. The maximum absolute atomic E-state index is 13.1. The summed E-state index contributed by atoms with van der Waals surface area (Å²) in [6.45, 7) is 13.4. The molecule has 1 nitrogen and oxygen atoms in total. The smallest absolute Gasteiger partial charge is 0.123 e. The summed E-state index contributed by atoms with van der Waals surface area (Å²) >= 11 is 0. The topological polar surface area (TPSA) is 12.9 Å². The van der Waals surface area contributed by atoms with Gasteiger partial charge in [0.1, 0.15) is 5.82 Å². The molecule has 1 aromatic carbocycles. The first-order valence-electron chi connectivity index (χ1n) is 8.82. The minimum absolute atomic E-state index is 0.0313. The molecule has 0 aliphatic rings. The number of aromatic nitrogens is 1. The normalized spacial score (nSPS) is 13.8. The highest BCUT2D eigenvalue weighted by Gasteiger charge is 2.23. The highest BCUT2D eigenvalue weighted by atomic mass is 19.1. The Hall–Kier alpha value is -1.70. The third-order valence-electron chi connectivity index (χ3n) is 4.98. The predicted octanol–water partition coefficient (Wildman–Crippen LogP) is 6.38. The standard InChI is InChI=1S/C22H30FN/c1-16(20-15-18(12-14-24-20)21(2,3)4)11-13-22(5,6)17-7-9-19(23)10-8-17/h7-10,12,14-16H,11,13H2,1-6H3. The lowest BCUT2D eigenvalue weighted by Crippen LogP contribution is -2.18. The van der Waals surface area contributed by atoms with Crippen LogP contribution in [0.5, 0.6) is 0 Å². The molecule has 0 spiro atoms. The zero-order valence-corrected chi connectivity index (χ0v) is 15.9. The second-order valence-electron chi connectivity index (χ2n) is 8.55. The zero-order chi connectivity index (χ0) is 18.0. The number of hydrogen-bond acceptors (Lipinski definition) is 1. The summed E-state index contributed by atoms with van der Waals surface area (Å²) < 4.78 is 13.1. The second-order valence-corrected chi connectivity index (χ2v) is 8.55. The number of rotatable bonds is 5. The van der Waals surface area contributed by atoms with Gasteiger partial charge in [-0.2, -0.15) is 0 Å². The van der Waals surface area contributed by atoms with Gasteiger partial charge >= 0.3 is 0 Å². The third kappa shape index (κ3) is 4.66. The van der Waals surface area contributed by atoms with E-state index in [0.717, 1.165) is 18.5 Å². The van der Waals surface area contributed by atoms with E-state index in [1.165, 1.54) is 11.1 Å². The van der Waals surface area contributed by atoms with Crippen molar-refractivity contribution in [3.05, 3.63) is 65.2 Å². The molecular formula is C22H30FN. The minimum Gasteiger partial charge on any atom is -0.261 e. The van der Waals surface area contributed by atoms with Crippen LogP contribution in [-0.2, 0) is 10.8 Å². The molecule has 0 radical (unpaired) electrons. The molecule has 0 N–H and O–H groups in total. The van der Waals surface area contributed by atoms with E-state index in [0.29, 0.717) is 5.92 Å². The Kier molecular flexibility index (Phi) is 5.47. The largest absolute Gasteiger partial charge is 0.261 e. The molecular weight excluding hydrogens is 297 g/mol. The fourth-order valence-electron chi connectivity index (χ4n) is 2.95. The van der Waals surface area contributed by atoms with Crippen LogP contribution in [0.25, 0.3) is 0 Å². The predicted molar refractivity (Wildman–Crippen MR) is 100 cm³/mol. The van der Waals surface area contributed by atoms with Gasteiger partial charge in [0.2, 0.25) is 0 Å². The van der Waals surface area contributed by atoms with E-state index in [1.54, 1.807) is 12.1 Å². The van der Waals surface area contributed by atoms with Gasteiger partial charge in [0.15, 0.2) is 0 Å². The van der Waals surface area contributed by atoms with Crippen molar-refractivity contribution >= 4 is 0 Å². The lowest BCUT2D eigenvalue weighted by molar-refractivity contribution is 0.435. The second kappa shape index (κ2) is 7.04. The number of hydrogen-bond donors (Lipinski definition) is 0. The Morgan fingerprint density at radius 1 is 0.958 bits per heavy atom. The first-order chi connectivity index (χ1) is 11.1. The molecule has 2 aromatic rings. The molecule has 2 rings (SSSR count). The van der Waals surface area contributed by atoms with E-state index in [9.17, 15) is 4.39 Å². The maximum Gasteiger partial charge on any atom is 0.123 e. The van der Waals surface area contributed by atoms with Gasteiger partial charge in [-0.25, -0.2) is 4.39 Å². The number of pyridine rings is 1. The van der Waals surface area contributed by atoms with E-state index in [-0.39, 0.29) is 16.6 Å². The summed E-state index contributed by atoms with van der Waals surface area (Å²) in [7, 11) is 0. The molecule has 24 heavy (non-hydrogen) atoms.